The van der Waals surface area contributed by atoms with Gasteiger partial charge in [0.05, 0.1) is 6.61 Å². The zero-order valence-corrected chi connectivity index (χ0v) is 15.5. The Morgan fingerprint density at radius 2 is 1.76 bits per heavy atom. The molecule has 0 amide bonds. The van der Waals surface area contributed by atoms with Crippen LogP contribution in [0.5, 0.6) is 5.75 Å². The van der Waals surface area contributed by atoms with E-state index in [2.05, 4.69) is 0 Å². The molecule has 1 fully saturated rings. The molecule has 1 aliphatic carbocycles. The number of rotatable bonds is 5. The number of ether oxygens (including phenoxy) is 2. The molecule has 1 saturated carbocycles. The van der Waals surface area contributed by atoms with Crippen molar-refractivity contribution in [3.8, 4) is 5.75 Å². The predicted molar refractivity (Wildman–Crippen MR) is 92.7 cm³/mol. The second-order valence-electron chi connectivity index (χ2n) is 7.72. The van der Waals surface area contributed by atoms with E-state index < -0.39 is 17.2 Å². The first kappa shape index (κ1) is 19.7. The molecular weight excluding hydrogens is 326 g/mol. The minimum absolute atomic E-state index is 0.0138. The molecule has 5 heteroatoms. The topological polar surface area (TPSA) is 35.5 Å². The Labute approximate surface area is 148 Å². The van der Waals surface area contributed by atoms with Gasteiger partial charge in [-0.05, 0) is 76.8 Å². The van der Waals surface area contributed by atoms with E-state index in [1.54, 1.807) is 13.0 Å². The van der Waals surface area contributed by atoms with Gasteiger partial charge in [-0.1, -0.05) is 6.07 Å². The fraction of sp³-hybridized carbons (Fsp3) is 0.650. The second-order valence-corrected chi connectivity index (χ2v) is 7.72. The van der Waals surface area contributed by atoms with Crippen molar-refractivity contribution in [2.45, 2.75) is 71.3 Å². The Morgan fingerprint density at radius 1 is 1.12 bits per heavy atom. The number of halogens is 2. The summed E-state index contributed by atoms with van der Waals surface area (Å²) in [6.07, 6.45) is 3.52. The summed E-state index contributed by atoms with van der Waals surface area (Å²) in [6.45, 7) is 7.59. The van der Waals surface area contributed by atoms with Gasteiger partial charge in [-0.25, -0.2) is 4.39 Å². The zero-order chi connectivity index (χ0) is 18.6. The summed E-state index contributed by atoms with van der Waals surface area (Å²) >= 11 is 0. The van der Waals surface area contributed by atoms with Gasteiger partial charge in [0.25, 0.3) is 0 Å². The quantitative estimate of drug-likeness (QED) is 0.667. The number of benzene rings is 1. The summed E-state index contributed by atoms with van der Waals surface area (Å²) in [5.41, 5.74) is -0.0614. The van der Waals surface area contributed by atoms with Gasteiger partial charge in [-0.2, -0.15) is 4.39 Å². The van der Waals surface area contributed by atoms with Crippen LogP contribution in [0.2, 0.25) is 0 Å². The van der Waals surface area contributed by atoms with E-state index in [0.717, 1.165) is 25.7 Å². The molecule has 0 bridgehead atoms. The maximum Gasteiger partial charge on any atom is 0.306 e. The number of carbonyl (C=O) groups is 1. The van der Waals surface area contributed by atoms with Crippen molar-refractivity contribution in [1.82, 2.24) is 0 Å². The van der Waals surface area contributed by atoms with Crippen LogP contribution in [0.25, 0.3) is 0 Å². The van der Waals surface area contributed by atoms with Crippen molar-refractivity contribution in [2.24, 2.45) is 5.92 Å². The van der Waals surface area contributed by atoms with Crippen LogP contribution in [0.4, 0.5) is 8.78 Å². The van der Waals surface area contributed by atoms with E-state index in [9.17, 15) is 13.6 Å². The summed E-state index contributed by atoms with van der Waals surface area (Å²) in [5, 5.41) is 0. The fourth-order valence-corrected chi connectivity index (χ4v) is 3.43. The monoisotopic (exact) mass is 354 g/mol. The van der Waals surface area contributed by atoms with Crippen molar-refractivity contribution in [2.75, 3.05) is 6.61 Å². The third kappa shape index (κ3) is 5.41. The van der Waals surface area contributed by atoms with E-state index in [0.29, 0.717) is 18.6 Å². The molecule has 0 unspecified atom stereocenters. The minimum atomic E-state index is -0.907. The molecule has 0 saturated heterocycles. The Balaban J connectivity index is 1.94. The van der Waals surface area contributed by atoms with E-state index in [1.807, 2.05) is 20.8 Å². The SMILES string of the molecule is CCOc1ccc(C2CCC(CC(=O)OC(C)(C)C)CC2)c(F)c1F. The average molecular weight is 354 g/mol. The van der Waals surface area contributed by atoms with E-state index in [4.69, 9.17) is 9.47 Å². The first-order valence-corrected chi connectivity index (χ1v) is 9.03. The third-order valence-corrected chi connectivity index (χ3v) is 4.54. The highest BCUT2D eigenvalue weighted by Gasteiger charge is 2.28. The maximum atomic E-state index is 14.3. The van der Waals surface area contributed by atoms with Crippen LogP contribution in [0.1, 0.15) is 71.3 Å². The normalized spacial score (nSPS) is 21.0. The van der Waals surface area contributed by atoms with Gasteiger partial charge in [0.2, 0.25) is 5.82 Å². The number of hydrogen-bond acceptors (Lipinski definition) is 3. The molecule has 140 valence electrons. The van der Waals surface area contributed by atoms with Crippen LogP contribution >= 0.6 is 0 Å². The van der Waals surface area contributed by atoms with E-state index in [1.165, 1.54) is 6.07 Å². The summed E-state index contributed by atoms with van der Waals surface area (Å²) in [5.74, 6) is -1.70. The molecule has 1 aromatic carbocycles. The van der Waals surface area contributed by atoms with Crippen LogP contribution in [0.15, 0.2) is 12.1 Å². The highest BCUT2D eigenvalue weighted by atomic mass is 19.2. The molecule has 0 heterocycles. The van der Waals surface area contributed by atoms with Crippen LogP contribution in [-0.2, 0) is 9.53 Å². The summed E-state index contributed by atoms with van der Waals surface area (Å²) in [6, 6.07) is 3.13. The Kier molecular flexibility index (Phi) is 6.42. The largest absolute Gasteiger partial charge is 0.491 e. The number of esters is 1. The second kappa shape index (κ2) is 8.15. The lowest BCUT2D eigenvalue weighted by Gasteiger charge is -2.29. The van der Waals surface area contributed by atoms with Gasteiger partial charge in [0.1, 0.15) is 5.60 Å². The van der Waals surface area contributed by atoms with Crippen molar-refractivity contribution >= 4 is 5.97 Å². The zero-order valence-electron chi connectivity index (χ0n) is 15.5. The number of carbonyl (C=O) groups excluding carboxylic acids is 1. The fourth-order valence-electron chi connectivity index (χ4n) is 3.43. The molecule has 3 nitrogen and oxygen atoms in total. The highest BCUT2D eigenvalue weighted by molar-refractivity contribution is 5.70. The summed E-state index contributed by atoms with van der Waals surface area (Å²) < 4.78 is 38.8. The Bertz CT molecular complexity index is 600. The summed E-state index contributed by atoms with van der Waals surface area (Å²) in [7, 11) is 0. The Morgan fingerprint density at radius 3 is 2.32 bits per heavy atom. The van der Waals surface area contributed by atoms with Crippen LogP contribution in [-0.4, -0.2) is 18.2 Å². The molecule has 0 N–H and O–H groups in total. The third-order valence-electron chi connectivity index (χ3n) is 4.54. The van der Waals surface area contributed by atoms with Gasteiger partial charge >= 0.3 is 5.97 Å². The molecule has 0 atom stereocenters. The summed E-state index contributed by atoms with van der Waals surface area (Å²) in [4.78, 5) is 11.9. The van der Waals surface area contributed by atoms with E-state index in [-0.39, 0.29) is 23.6 Å². The molecule has 0 aromatic heterocycles. The minimum Gasteiger partial charge on any atom is -0.491 e. The smallest absolute Gasteiger partial charge is 0.306 e. The van der Waals surface area contributed by atoms with Gasteiger partial charge in [-0.15, -0.1) is 0 Å². The maximum absolute atomic E-state index is 14.3. The van der Waals surface area contributed by atoms with Gasteiger partial charge in [-0.3, -0.25) is 4.79 Å². The van der Waals surface area contributed by atoms with Crippen molar-refractivity contribution < 1.29 is 23.0 Å². The highest BCUT2D eigenvalue weighted by Crippen LogP contribution is 2.39. The molecular formula is C20H28F2O3. The standard InChI is InChI=1S/C20H28F2O3/c1-5-24-16-11-10-15(18(21)19(16)22)14-8-6-13(7-9-14)12-17(23)25-20(2,3)4/h10-11,13-14H,5-9,12H2,1-4H3. The molecule has 0 radical (unpaired) electrons. The van der Waals surface area contributed by atoms with Crippen molar-refractivity contribution in [3.05, 3.63) is 29.3 Å². The lowest BCUT2D eigenvalue weighted by atomic mass is 9.77. The number of hydrogen-bond donors (Lipinski definition) is 0. The first-order valence-electron chi connectivity index (χ1n) is 9.03. The van der Waals surface area contributed by atoms with Gasteiger partial charge in [0.15, 0.2) is 11.6 Å². The predicted octanol–water partition coefficient (Wildman–Crippen LogP) is 5.37. The molecule has 2 rings (SSSR count). The Hall–Kier alpha value is -1.65. The molecule has 25 heavy (non-hydrogen) atoms. The lowest BCUT2D eigenvalue weighted by molar-refractivity contribution is -0.156. The molecule has 1 aromatic rings. The average Bonchev–Trinajstić information content (AvgIpc) is 2.51. The van der Waals surface area contributed by atoms with Crippen molar-refractivity contribution in [3.63, 3.8) is 0 Å². The van der Waals surface area contributed by atoms with Crippen molar-refractivity contribution in [1.29, 1.82) is 0 Å². The van der Waals surface area contributed by atoms with Crippen LogP contribution in [0.3, 0.4) is 0 Å². The molecule has 0 aliphatic heterocycles. The molecule has 0 spiro atoms. The van der Waals surface area contributed by atoms with Crippen LogP contribution < -0.4 is 4.74 Å². The van der Waals surface area contributed by atoms with Crippen LogP contribution in [0, 0.1) is 17.6 Å². The van der Waals surface area contributed by atoms with Gasteiger partial charge < -0.3 is 9.47 Å². The first-order chi connectivity index (χ1) is 11.7. The van der Waals surface area contributed by atoms with E-state index >= 15 is 0 Å². The lowest BCUT2D eigenvalue weighted by Crippen LogP contribution is -2.26. The molecule has 1 aliphatic rings. The van der Waals surface area contributed by atoms with Gasteiger partial charge in [0, 0.05) is 6.42 Å².